The number of benzene rings is 3. The summed E-state index contributed by atoms with van der Waals surface area (Å²) >= 11 is 0. The maximum Gasteiger partial charge on any atom is 0.391 e. The zero-order valence-corrected chi connectivity index (χ0v) is 19.3. The Balaban J connectivity index is 1.73. The third-order valence-corrected chi connectivity index (χ3v) is 6.33. The van der Waals surface area contributed by atoms with E-state index in [1.165, 1.54) is 10.9 Å². The minimum atomic E-state index is 0.467. The van der Waals surface area contributed by atoms with Crippen LogP contribution in [0, 0.1) is 13.8 Å². The first kappa shape index (κ1) is 20.7. The fraction of sp³-hybridized carbons (Fsp3) is 0.148. The SMILES string of the molecule is Cc1ccc(-c2c3cc(N)ccc3c3ccc(Nc4cc(C)[n+](C)c(N)n4)cc3[n+]2C)cc1. The molecule has 0 saturated heterocycles. The molecule has 5 N–H and O–H groups in total. The molecule has 3 aromatic carbocycles. The Hall–Kier alpha value is -4.19. The van der Waals surface area contributed by atoms with Gasteiger partial charge >= 0.3 is 5.95 Å². The van der Waals surface area contributed by atoms with E-state index in [0.29, 0.717) is 5.95 Å². The summed E-state index contributed by atoms with van der Waals surface area (Å²) in [4.78, 5) is 4.47. The van der Waals surface area contributed by atoms with Crippen molar-refractivity contribution in [3.05, 3.63) is 78.0 Å². The Morgan fingerprint density at radius 1 is 0.758 bits per heavy atom. The molecule has 0 saturated carbocycles. The van der Waals surface area contributed by atoms with Crippen LogP contribution >= 0.6 is 0 Å². The molecule has 0 unspecified atom stereocenters. The van der Waals surface area contributed by atoms with Crippen LogP contribution in [-0.2, 0) is 14.1 Å². The van der Waals surface area contributed by atoms with E-state index in [9.17, 15) is 0 Å². The van der Waals surface area contributed by atoms with Gasteiger partial charge in [-0.2, -0.15) is 4.57 Å². The molecule has 0 amide bonds. The molecule has 0 spiro atoms. The first-order chi connectivity index (χ1) is 15.8. The Morgan fingerprint density at radius 2 is 1.48 bits per heavy atom. The minimum Gasteiger partial charge on any atom is -0.399 e. The molecule has 5 aromatic rings. The molecule has 5 rings (SSSR count). The van der Waals surface area contributed by atoms with Gasteiger partial charge in [0.25, 0.3) is 0 Å². The van der Waals surface area contributed by atoms with Gasteiger partial charge in [0.05, 0.1) is 23.5 Å². The van der Waals surface area contributed by atoms with E-state index in [2.05, 4.69) is 83.4 Å². The van der Waals surface area contributed by atoms with Crippen LogP contribution in [0.3, 0.4) is 0 Å². The second-order valence-electron chi connectivity index (χ2n) is 8.64. The maximum atomic E-state index is 6.20. The Labute approximate surface area is 193 Å². The summed E-state index contributed by atoms with van der Waals surface area (Å²) in [5.41, 5.74) is 19.6. The molecule has 0 aliphatic heterocycles. The van der Waals surface area contributed by atoms with Crippen molar-refractivity contribution in [2.45, 2.75) is 13.8 Å². The Morgan fingerprint density at radius 3 is 2.21 bits per heavy atom. The fourth-order valence-corrected chi connectivity index (χ4v) is 4.39. The van der Waals surface area contributed by atoms with Gasteiger partial charge in [0.15, 0.2) is 0 Å². The van der Waals surface area contributed by atoms with E-state index in [4.69, 9.17) is 11.5 Å². The maximum absolute atomic E-state index is 6.20. The summed E-state index contributed by atoms with van der Waals surface area (Å²) in [6.45, 7) is 4.11. The van der Waals surface area contributed by atoms with Crippen LogP contribution in [0.5, 0.6) is 0 Å². The largest absolute Gasteiger partial charge is 0.399 e. The van der Waals surface area contributed by atoms with Gasteiger partial charge in [0, 0.05) is 34.5 Å². The van der Waals surface area contributed by atoms with Crippen LogP contribution in [0.4, 0.5) is 23.1 Å². The van der Waals surface area contributed by atoms with E-state index in [1.54, 1.807) is 0 Å². The summed E-state index contributed by atoms with van der Waals surface area (Å²) < 4.78 is 4.10. The summed E-state index contributed by atoms with van der Waals surface area (Å²) in [5, 5.41) is 6.89. The van der Waals surface area contributed by atoms with Gasteiger partial charge in [0.1, 0.15) is 7.05 Å². The van der Waals surface area contributed by atoms with Crippen LogP contribution < -0.4 is 25.9 Å². The van der Waals surface area contributed by atoms with Crippen LogP contribution in [0.2, 0.25) is 0 Å². The lowest BCUT2D eigenvalue weighted by molar-refractivity contribution is -0.665. The molecule has 33 heavy (non-hydrogen) atoms. The van der Waals surface area contributed by atoms with Crippen molar-refractivity contribution in [3.8, 4) is 11.3 Å². The van der Waals surface area contributed by atoms with E-state index in [1.807, 2.05) is 30.7 Å². The minimum absolute atomic E-state index is 0.467. The number of hydrogen-bond donors (Lipinski definition) is 3. The Kier molecular flexibility index (Phi) is 4.86. The van der Waals surface area contributed by atoms with Crippen molar-refractivity contribution in [3.63, 3.8) is 0 Å². The summed E-state index contributed by atoms with van der Waals surface area (Å²) in [6, 6.07) is 23.1. The first-order valence-corrected chi connectivity index (χ1v) is 10.9. The molecule has 0 fully saturated rings. The van der Waals surface area contributed by atoms with Crippen molar-refractivity contribution in [1.29, 1.82) is 0 Å². The number of aromatic nitrogens is 3. The van der Waals surface area contributed by atoms with Gasteiger partial charge in [-0.1, -0.05) is 28.7 Å². The number of pyridine rings is 1. The predicted octanol–water partition coefficient (Wildman–Crippen LogP) is 4.23. The molecule has 164 valence electrons. The molecular formula is C27H28N6+2. The van der Waals surface area contributed by atoms with Crippen molar-refractivity contribution >= 4 is 44.8 Å². The van der Waals surface area contributed by atoms with Crippen LogP contribution in [0.25, 0.3) is 32.9 Å². The van der Waals surface area contributed by atoms with Crippen LogP contribution in [0.1, 0.15) is 11.3 Å². The van der Waals surface area contributed by atoms with E-state index in [-0.39, 0.29) is 0 Å². The van der Waals surface area contributed by atoms with E-state index in [0.717, 1.165) is 50.4 Å². The number of hydrogen-bond acceptors (Lipinski definition) is 4. The van der Waals surface area contributed by atoms with Crippen molar-refractivity contribution < 1.29 is 9.13 Å². The second kappa shape index (κ2) is 7.74. The summed E-state index contributed by atoms with van der Waals surface area (Å²) in [6.07, 6.45) is 0. The fourth-order valence-electron chi connectivity index (χ4n) is 4.39. The van der Waals surface area contributed by atoms with Crippen molar-refractivity contribution in [1.82, 2.24) is 4.98 Å². The number of aryl methyl sites for hydroxylation is 3. The number of nitrogen functional groups attached to an aromatic ring is 2. The molecule has 6 heteroatoms. The van der Waals surface area contributed by atoms with Crippen molar-refractivity contribution in [2.75, 3.05) is 16.8 Å². The van der Waals surface area contributed by atoms with Gasteiger partial charge < -0.3 is 11.1 Å². The highest BCUT2D eigenvalue weighted by Gasteiger charge is 2.21. The normalized spacial score (nSPS) is 11.3. The number of fused-ring (bicyclic) bond motifs is 3. The average Bonchev–Trinajstić information content (AvgIpc) is 2.79. The zero-order valence-electron chi connectivity index (χ0n) is 19.3. The average molecular weight is 437 g/mol. The van der Waals surface area contributed by atoms with Crippen LogP contribution in [0.15, 0.2) is 66.7 Å². The van der Waals surface area contributed by atoms with E-state index >= 15 is 0 Å². The molecule has 6 nitrogen and oxygen atoms in total. The molecule has 2 aromatic heterocycles. The summed E-state index contributed by atoms with van der Waals surface area (Å²) in [5.74, 6) is 1.19. The number of nitrogens with two attached hydrogens (primary N) is 2. The highest BCUT2D eigenvalue weighted by molar-refractivity contribution is 6.10. The van der Waals surface area contributed by atoms with E-state index < -0.39 is 0 Å². The third kappa shape index (κ3) is 3.59. The smallest absolute Gasteiger partial charge is 0.391 e. The predicted molar refractivity (Wildman–Crippen MR) is 135 cm³/mol. The molecule has 0 aliphatic rings. The number of nitrogens with one attached hydrogen (secondary N) is 1. The van der Waals surface area contributed by atoms with Gasteiger partial charge in [-0.25, -0.2) is 4.57 Å². The van der Waals surface area contributed by atoms with Gasteiger partial charge in [0.2, 0.25) is 17.0 Å². The lowest BCUT2D eigenvalue weighted by atomic mass is 9.98. The number of rotatable bonds is 3. The molecule has 0 radical (unpaired) electrons. The lowest BCUT2D eigenvalue weighted by Crippen LogP contribution is -2.36. The Bertz CT molecular complexity index is 1510. The molecule has 0 aliphatic carbocycles. The van der Waals surface area contributed by atoms with Gasteiger partial charge in [-0.15, -0.1) is 0 Å². The standard InChI is InChI=1S/C27H26N6/c1-16-5-7-18(8-6-16)26-23-14-19(28)9-11-21(23)22-12-10-20(15-24(22)33(26)4)30-25-13-17(2)32(3)27(29)31-25/h5-15,29H,28H2,1-4H3/p+2. The third-order valence-electron chi connectivity index (χ3n) is 6.33. The number of anilines is 4. The topological polar surface area (TPSA) is 84.7 Å². The monoisotopic (exact) mass is 436 g/mol. The molecular weight excluding hydrogens is 408 g/mol. The molecule has 0 bridgehead atoms. The molecule has 0 atom stereocenters. The van der Waals surface area contributed by atoms with Gasteiger partial charge in [-0.05, 0) is 50.2 Å². The number of nitrogens with zero attached hydrogens (tertiary/aromatic N) is 3. The van der Waals surface area contributed by atoms with Crippen molar-refractivity contribution in [2.24, 2.45) is 14.1 Å². The highest BCUT2D eigenvalue weighted by atomic mass is 15.1. The second-order valence-corrected chi connectivity index (χ2v) is 8.64. The highest BCUT2D eigenvalue weighted by Crippen LogP contribution is 2.33. The molecule has 2 heterocycles. The summed E-state index contributed by atoms with van der Waals surface area (Å²) in [7, 11) is 4.01. The quantitative estimate of drug-likeness (QED) is 0.224. The lowest BCUT2D eigenvalue weighted by Gasteiger charge is -2.12. The first-order valence-electron chi connectivity index (χ1n) is 10.9. The zero-order chi connectivity index (χ0) is 23.3. The van der Waals surface area contributed by atoms with Gasteiger partial charge in [-0.3, -0.25) is 5.73 Å². The van der Waals surface area contributed by atoms with Crippen LogP contribution in [-0.4, -0.2) is 4.98 Å².